The van der Waals surface area contributed by atoms with Crippen LogP contribution in [0, 0.1) is 0 Å². The zero-order valence-electron chi connectivity index (χ0n) is 20.5. The summed E-state index contributed by atoms with van der Waals surface area (Å²) < 4.78 is 30.1. The summed E-state index contributed by atoms with van der Waals surface area (Å²) >= 11 is 13.9. The van der Waals surface area contributed by atoms with Gasteiger partial charge in [0.05, 0.1) is 28.3 Å². The number of thioether (sulfide) groups is 1. The number of sulfone groups is 1. The highest BCUT2D eigenvalue weighted by molar-refractivity contribution is 8.16. The van der Waals surface area contributed by atoms with Gasteiger partial charge in [-0.05, 0) is 44.5 Å². The van der Waals surface area contributed by atoms with Crippen molar-refractivity contribution in [3.05, 3.63) is 64.1 Å². The number of carbonyl (C=O) groups excluding carboxylic acids is 2. The minimum Gasteiger partial charge on any atom is -0.444 e. The second-order valence-electron chi connectivity index (χ2n) is 9.89. The number of amides is 2. The molecule has 3 atom stereocenters. The van der Waals surface area contributed by atoms with Crippen molar-refractivity contribution in [2.75, 3.05) is 16.4 Å². The molecule has 2 fully saturated rings. The molecule has 37 heavy (non-hydrogen) atoms. The summed E-state index contributed by atoms with van der Waals surface area (Å²) in [5.74, 6) is -0.721. The molecule has 4 rings (SSSR count). The molecule has 0 aromatic heterocycles. The number of hydrogen-bond acceptors (Lipinski definition) is 6. The number of anilines is 1. The predicted molar refractivity (Wildman–Crippen MR) is 149 cm³/mol. The maximum atomic E-state index is 13.5. The molecule has 1 N–H and O–H groups in total. The molecule has 0 bridgehead atoms. The van der Waals surface area contributed by atoms with Crippen molar-refractivity contribution in [3.63, 3.8) is 0 Å². The molecule has 2 saturated heterocycles. The molecule has 8 nitrogen and oxygen atoms in total. The highest BCUT2D eigenvalue weighted by Crippen LogP contribution is 2.43. The van der Waals surface area contributed by atoms with Gasteiger partial charge in [0.2, 0.25) is 0 Å². The summed E-state index contributed by atoms with van der Waals surface area (Å²) in [5.41, 5.74) is 0.548. The number of benzene rings is 2. The number of rotatable bonds is 5. The molecule has 198 valence electrons. The van der Waals surface area contributed by atoms with Crippen molar-refractivity contribution in [1.82, 2.24) is 5.32 Å². The molecule has 12 heteroatoms. The Labute approximate surface area is 230 Å². The Morgan fingerprint density at radius 2 is 1.86 bits per heavy atom. The Kier molecular flexibility index (Phi) is 8.13. The third-order valence-corrected chi connectivity index (χ3v) is 9.48. The van der Waals surface area contributed by atoms with Gasteiger partial charge in [0.15, 0.2) is 15.0 Å². The average Bonchev–Trinajstić information content (AvgIpc) is 3.25. The van der Waals surface area contributed by atoms with Gasteiger partial charge in [-0.2, -0.15) is 4.99 Å². The molecule has 0 aliphatic carbocycles. The predicted octanol–water partition coefficient (Wildman–Crippen LogP) is 4.73. The molecule has 2 heterocycles. The fraction of sp³-hybridized carbons (Fsp3) is 0.400. The van der Waals surface area contributed by atoms with Gasteiger partial charge in [0.1, 0.15) is 11.6 Å². The van der Waals surface area contributed by atoms with Crippen molar-refractivity contribution in [2.24, 2.45) is 4.99 Å². The first kappa shape index (κ1) is 27.8. The van der Waals surface area contributed by atoms with Gasteiger partial charge < -0.3 is 15.0 Å². The number of ether oxygens (including phenoxy) is 1. The molecule has 2 amide bonds. The Hall–Kier alpha value is -2.27. The fourth-order valence-electron chi connectivity index (χ4n) is 4.19. The van der Waals surface area contributed by atoms with E-state index in [2.05, 4.69) is 10.3 Å². The molecule has 2 aromatic rings. The first-order valence-electron chi connectivity index (χ1n) is 11.6. The first-order valence-corrected chi connectivity index (χ1v) is 15.0. The molecule has 0 spiro atoms. The lowest BCUT2D eigenvalue weighted by Gasteiger charge is -2.26. The van der Waals surface area contributed by atoms with Gasteiger partial charge in [-0.3, -0.25) is 4.79 Å². The second-order valence-corrected chi connectivity index (χ2v) is 14.1. The lowest BCUT2D eigenvalue weighted by molar-refractivity contribution is -0.119. The van der Waals surface area contributed by atoms with Crippen molar-refractivity contribution in [3.8, 4) is 0 Å². The van der Waals surface area contributed by atoms with Gasteiger partial charge in [-0.25, -0.2) is 13.2 Å². The summed E-state index contributed by atoms with van der Waals surface area (Å²) in [6, 6.07) is 12.6. The molecular formula is C25H27Cl2N3O5S2. The van der Waals surface area contributed by atoms with Crippen LogP contribution in [0.1, 0.15) is 26.3 Å². The van der Waals surface area contributed by atoms with E-state index in [9.17, 15) is 18.0 Å². The zero-order chi connectivity index (χ0) is 27.0. The number of hydrogen-bond donors (Lipinski definition) is 1. The van der Waals surface area contributed by atoms with Gasteiger partial charge in [0.25, 0.3) is 5.91 Å². The molecule has 2 aliphatic heterocycles. The third-order valence-electron chi connectivity index (χ3n) is 5.71. The summed E-state index contributed by atoms with van der Waals surface area (Å²) in [5, 5.41) is 3.39. The van der Waals surface area contributed by atoms with Gasteiger partial charge >= 0.3 is 6.09 Å². The van der Waals surface area contributed by atoms with E-state index in [1.54, 1.807) is 43.9 Å². The van der Waals surface area contributed by atoms with Crippen LogP contribution < -0.4 is 10.2 Å². The minimum absolute atomic E-state index is 0.0339. The van der Waals surface area contributed by atoms with Crippen LogP contribution in [0.15, 0.2) is 53.5 Å². The van der Waals surface area contributed by atoms with Crippen LogP contribution in [0.3, 0.4) is 0 Å². The smallest absolute Gasteiger partial charge is 0.408 e. The Morgan fingerprint density at radius 1 is 1.16 bits per heavy atom. The molecule has 0 radical (unpaired) electrons. The monoisotopic (exact) mass is 583 g/mol. The summed E-state index contributed by atoms with van der Waals surface area (Å²) in [7, 11) is -3.26. The second kappa shape index (κ2) is 10.8. The van der Waals surface area contributed by atoms with Crippen molar-refractivity contribution in [1.29, 1.82) is 0 Å². The summed E-state index contributed by atoms with van der Waals surface area (Å²) in [6.07, 6.45) is -0.543. The van der Waals surface area contributed by atoms with E-state index in [1.807, 2.05) is 30.3 Å². The van der Waals surface area contributed by atoms with E-state index in [0.717, 1.165) is 5.56 Å². The van der Waals surface area contributed by atoms with E-state index in [4.69, 9.17) is 27.9 Å². The number of nitrogens with one attached hydrogen (secondary N) is 1. The maximum Gasteiger partial charge on any atom is 0.408 e. The SMILES string of the molecule is CC(C)(C)OC(=O)N[C@H](Cc1ccccc1)C(=O)N=C1S[C@@H]2CS(=O)(=O)C[C@H]2N1c1cc(Cl)ccc1Cl. The molecular weight excluding hydrogens is 557 g/mol. The van der Waals surface area contributed by atoms with E-state index in [-0.39, 0.29) is 23.2 Å². The lowest BCUT2D eigenvalue weighted by Crippen LogP contribution is -2.45. The number of amidine groups is 1. The highest BCUT2D eigenvalue weighted by atomic mass is 35.5. The first-order chi connectivity index (χ1) is 17.3. The highest BCUT2D eigenvalue weighted by Gasteiger charge is 2.50. The average molecular weight is 585 g/mol. The summed E-state index contributed by atoms with van der Waals surface area (Å²) in [4.78, 5) is 32.1. The van der Waals surface area contributed by atoms with E-state index in [0.29, 0.717) is 20.9 Å². The van der Waals surface area contributed by atoms with Crippen molar-refractivity contribution in [2.45, 2.75) is 50.1 Å². The lowest BCUT2D eigenvalue weighted by atomic mass is 10.1. The maximum absolute atomic E-state index is 13.5. The van der Waals surface area contributed by atoms with Gasteiger partial charge in [0, 0.05) is 16.7 Å². The summed E-state index contributed by atoms with van der Waals surface area (Å²) in [6.45, 7) is 5.19. The van der Waals surface area contributed by atoms with E-state index in [1.165, 1.54) is 11.8 Å². The Bertz CT molecular complexity index is 1330. The molecule has 2 aliphatic rings. The molecule has 2 aromatic carbocycles. The standard InChI is InChI=1S/C25H27Cl2N3O5S2/c1-25(2,3)35-24(32)28-18(11-15-7-5-4-6-8-15)22(31)29-23-30(19-12-16(26)9-10-17(19)27)20-13-37(33,34)14-21(20)36-23/h4-10,12,18,20-21H,11,13-14H2,1-3H3,(H,28,32)/t18-,20-,21-/m1/s1. The number of aliphatic imine (C=N–C) groups is 1. The van der Waals surface area contributed by atoms with Crippen LogP contribution >= 0.6 is 35.0 Å². The van der Waals surface area contributed by atoms with Crippen molar-refractivity contribution < 1.29 is 22.7 Å². The number of fused-ring (bicyclic) bond motifs is 1. The third kappa shape index (κ3) is 6.98. The molecule has 0 unspecified atom stereocenters. The minimum atomic E-state index is -3.26. The number of halogens is 2. The largest absolute Gasteiger partial charge is 0.444 e. The number of alkyl carbamates (subject to hydrolysis) is 1. The van der Waals surface area contributed by atoms with Crippen LogP contribution in [0.25, 0.3) is 0 Å². The van der Waals surface area contributed by atoms with Gasteiger partial charge in [-0.15, -0.1) is 0 Å². The van der Waals surface area contributed by atoms with Crippen LogP contribution in [-0.2, 0) is 25.8 Å². The number of carbonyl (C=O) groups is 2. The van der Waals surface area contributed by atoms with E-state index < -0.39 is 39.5 Å². The van der Waals surface area contributed by atoms with Crippen LogP contribution in [0.5, 0.6) is 0 Å². The van der Waals surface area contributed by atoms with Gasteiger partial charge in [-0.1, -0.05) is 65.3 Å². The normalized spacial score (nSPS) is 22.5. The Balaban J connectivity index is 1.68. The molecule has 0 saturated carbocycles. The number of nitrogens with zero attached hydrogens (tertiary/aromatic N) is 2. The zero-order valence-corrected chi connectivity index (χ0v) is 23.6. The fourth-order valence-corrected chi connectivity index (χ4v) is 8.48. The van der Waals surface area contributed by atoms with Crippen LogP contribution in [0.4, 0.5) is 10.5 Å². The van der Waals surface area contributed by atoms with Crippen molar-refractivity contribution >= 4 is 67.7 Å². The van der Waals surface area contributed by atoms with E-state index >= 15 is 0 Å². The quantitative estimate of drug-likeness (QED) is 0.542. The van der Waals surface area contributed by atoms with Crippen LogP contribution in [-0.4, -0.2) is 60.0 Å². The topological polar surface area (TPSA) is 105 Å². The Morgan fingerprint density at radius 3 is 2.54 bits per heavy atom. The van der Waals surface area contributed by atoms with Crippen LogP contribution in [0.2, 0.25) is 10.0 Å².